The van der Waals surface area contributed by atoms with Gasteiger partial charge in [0.1, 0.15) is 23.1 Å². The van der Waals surface area contributed by atoms with Gasteiger partial charge in [-0.25, -0.2) is 4.39 Å². The molecule has 3 aliphatic heterocycles. The van der Waals surface area contributed by atoms with Gasteiger partial charge >= 0.3 is 0 Å². The predicted molar refractivity (Wildman–Crippen MR) is 107 cm³/mol. The second kappa shape index (κ2) is 6.83. The number of rotatable bonds is 5. The predicted octanol–water partition coefficient (Wildman–Crippen LogP) is 2.33. The fourth-order valence-corrected chi connectivity index (χ4v) is 4.71. The molecule has 4 aliphatic rings. The van der Waals surface area contributed by atoms with Crippen LogP contribution in [-0.2, 0) is 19.9 Å². The van der Waals surface area contributed by atoms with Gasteiger partial charge in [-0.05, 0) is 37.8 Å². The summed E-state index contributed by atoms with van der Waals surface area (Å²) < 4.78 is 31.6. The Morgan fingerprint density at radius 1 is 1.35 bits per heavy atom. The number of methoxy groups -OCH3 is 1. The third-order valence-corrected chi connectivity index (χ3v) is 6.59. The Morgan fingerprint density at radius 3 is 2.97 bits per heavy atom. The summed E-state index contributed by atoms with van der Waals surface area (Å²) in [6.45, 7) is 0.954. The molecular formula is C21H22FN5O4. The second-order valence-corrected chi connectivity index (χ2v) is 8.41. The van der Waals surface area contributed by atoms with E-state index in [0.29, 0.717) is 24.7 Å². The number of benzene rings is 1. The average Bonchev–Trinajstić information content (AvgIpc) is 3.18. The van der Waals surface area contributed by atoms with Crippen LogP contribution in [0.2, 0.25) is 0 Å². The Bertz CT molecular complexity index is 1060. The summed E-state index contributed by atoms with van der Waals surface area (Å²) in [6.07, 6.45) is 4.87. The first-order valence-electron chi connectivity index (χ1n) is 10.5. The zero-order valence-corrected chi connectivity index (χ0v) is 17.0. The monoisotopic (exact) mass is 427 g/mol. The molecule has 10 heteroatoms. The van der Waals surface area contributed by atoms with E-state index in [1.165, 1.54) is 11.0 Å². The smallest absolute Gasteiger partial charge is 0.254 e. The van der Waals surface area contributed by atoms with Crippen molar-refractivity contribution in [2.75, 3.05) is 30.1 Å². The molecule has 1 aromatic heterocycles. The summed E-state index contributed by atoms with van der Waals surface area (Å²) in [7, 11) is 1.62. The van der Waals surface area contributed by atoms with Crippen molar-refractivity contribution in [1.82, 2.24) is 10.1 Å². The number of fused-ring (bicyclic) bond motifs is 3. The topological polar surface area (TPSA) is 93.3 Å². The van der Waals surface area contributed by atoms with Gasteiger partial charge in [0.05, 0.1) is 24.7 Å². The van der Waals surface area contributed by atoms with Crippen LogP contribution in [0.15, 0.2) is 27.7 Å². The van der Waals surface area contributed by atoms with Crippen molar-refractivity contribution in [1.29, 1.82) is 0 Å². The van der Waals surface area contributed by atoms with Crippen LogP contribution in [0.5, 0.6) is 0 Å². The molecule has 0 N–H and O–H groups in total. The summed E-state index contributed by atoms with van der Waals surface area (Å²) in [5.74, 6) is 0.0233. The molecule has 0 spiro atoms. The van der Waals surface area contributed by atoms with Crippen LogP contribution in [0.25, 0.3) is 0 Å². The summed E-state index contributed by atoms with van der Waals surface area (Å²) in [5.41, 5.74) is 0.347. The zero-order chi connectivity index (χ0) is 21.2. The van der Waals surface area contributed by atoms with E-state index in [9.17, 15) is 9.18 Å². The number of anilines is 2. The van der Waals surface area contributed by atoms with Crippen molar-refractivity contribution in [3.8, 4) is 0 Å². The fourth-order valence-electron chi connectivity index (χ4n) is 4.71. The van der Waals surface area contributed by atoms with E-state index in [1.807, 2.05) is 0 Å². The SMILES string of the molecule is COC1(c2noc(C3N=CN4c5cccc(F)c5N(CC5CCCO5)C(=O)C34)n2)CC1. The van der Waals surface area contributed by atoms with Crippen LogP contribution >= 0.6 is 0 Å². The summed E-state index contributed by atoms with van der Waals surface area (Å²) >= 11 is 0. The number of carbonyl (C=O) groups excluding carboxylic acids is 1. The van der Waals surface area contributed by atoms with Gasteiger partial charge in [-0.3, -0.25) is 9.79 Å². The molecule has 3 atom stereocenters. The van der Waals surface area contributed by atoms with Gasteiger partial charge < -0.3 is 23.8 Å². The Kier molecular flexibility index (Phi) is 4.16. The van der Waals surface area contributed by atoms with Gasteiger partial charge in [-0.1, -0.05) is 11.2 Å². The second-order valence-electron chi connectivity index (χ2n) is 8.41. The lowest BCUT2D eigenvalue weighted by molar-refractivity contribution is -0.120. The summed E-state index contributed by atoms with van der Waals surface area (Å²) in [5, 5.41) is 4.08. The Labute approximate surface area is 177 Å². The number of halogens is 1. The van der Waals surface area contributed by atoms with Gasteiger partial charge in [0, 0.05) is 13.7 Å². The number of hydrogen-bond donors (Lipinski definition) is 0. The molecular weight excluding hydrogens is 405 g/mol. The van der Waals surface area contributed by atoms with Gasteiger partial charge in [-0.2, -0.15) is 4.98 Å². The van der Waals surface area contributed by atoms with Crippen molar-refractivity contribution in [3.05, 3.63) is 35.7 Å². The van der Waals surface area contributed by atoms with E-state index < -0.39 is 23.5 Å². The molecule has 0 radical (unpaired) electrons. The van der Waals surface area contributed by atoms with Crippen LogP contribution in [0.1, 0.15) is 43.4 Å². The largest absolute Gasteiger partial charge is 0.376 e. The number of para-hydroxylation sites is 1. The third kappa shape index (κ3) is 2.81. The van der Waals surface area contributed by atoms with Gasteiger partial charge in [0.25, 0.3) is 11.8 Å². The molecule has 3 unspecified atom stereocenters. The highest BCUT2D eigenvalue weighted by Crippen LogP contribution is 2.48. The first-order chi connectivity index (χ1) is 15.1. The fraction of sp³-hybridized carbons (Fsp3) is 0.524. The molecule has 6 rings (SSSR count). The maximum atomic E-state index is 14.9. The van der Waals surface area contributed by atoms with Crippen molar-refractivity contribution < 1.29 is 23.2 Å². The normalized spacial score (nSPS) is 28.2. The number of aliphatic imine (C=N–C) groups is 1. The number of nitrogens with zero attached hydrogens (tertiary/aromatic N) is 5. The molecule has 9 nitrogen and oxygen atoms in total. The Morgan fingerprint density at radius 2 is 2.23 bits per heavy atom. The third-order valence-electron chi connectivity index (χ3n) is 6.59. The van der Waals surface area contributed by atoms with Crippen LogP contribution < -0.4 is 9.80 Å². The highest BCUT2D eigenvalue weighted by Gasteiger charge is 2.52. The molecule has 162 valence electrons. The Hall–Kier alpha value is -2.85. The first-order valence-corrected chi connectivity index (χ1v) is 10.5. The van der Waals surface area contributed by atoms with E-state index in [2.05, 4.69) is 15.1 Å². The molecule has 1 saturated heterocycles. The lowest BCUT2D eigenvalue weighted by Gasteiger charge is -2.40. The number of amides is 1. The zero-order valence-electron chi connectivity index (χ0n) is 17.0. The minimum atomic E-state index is -0.721. The highest BCUT2D eigenvalue weighted by molar-refractivity contribution is 6.12. The standard InChI is InChI=1S/C21H22FN5O4/c1-29-21(7-8-21)20-24-18(31-25-20)15-17-19(28)26(10-12-4-3-9-30-12)16-13(22)5-2-6-14(16)27(17)11-23-15/h2,5-6,11-12,15,17H,3-4,7-10H2,1H3. The molecule has 0 bridgehead atoms. The van der Waals surface area contributed by atoms with Crippen molar-refractivity contribution in [3.63, 3.8) is 0 Å². The number of aromatic nitrogens is 2. The number of carbonyl (C=O) groups is 1. The summed E-state index contributed by atoms with van der Waals surface area (Å²) in [6, 6.07) is 3.39. The molecule has 4 heterocycles. The first kappa shape index (κ1) is 18.9. The maximum Gasteiger partial charge on any atom is 0.254 e. The molecule has 1 amide bonds. The van der Waals surface area contributed by atoms with E-state index in [0.717, 1.165) is 25.7 Å². The van der Waals surface area contributed by atoms with Crippen LogP contribution in [-0.4, -0.2) is 54.8 Å². The quantitative estimate of drug-likeness (QED) is 0.723. The lowest BCUT2D eigenvalue weighted by Crippen LogP contribution is -2.54. The van der Waals surface area contributed by atoms with Crippen LogP contribution in [0, 0.1) is 5.82 Å². The molecule has 1 aromatic carbocycles. The average molecular weight is 427 g/mol. The molecule has 1 aliphatic carbocycles. The van der Waals surface area contributed by atoms with Gasteiger partial charge in [-0.15, -0.1) is 0 Å². The minimum Gasteiger partial charge on any atom is -0.376 e. The Balaban J connectivity index is 1.37. The van der Waals surface area contributed by atoms with Gasteiger partial charge in [0.15, 0.2) is 6.04 Å². The number of hydrogen-bond acceptors (Lipinski definition) is 8. The molecule has 2 fully saturated rings. The van der Waals surface area contributed by atoms with Crippen molar-refractivity contribution in [2.24, 2.45) is 4.99 Å². The highest BCUT2D eigenvalue weighted by atomic mass is 19.1. The van der Waals surface area contributed by atoms with E-state index >= 15 is 0 Å². The maximum absolute atomic E-state index is 14.9. The van der Waals surface area contributed by atoms with Crippen LogP contribution in [0.3, 0.4) is 0 Å². The number of ether oxygens (including phenoxy) is 2. The van der Waals surface area contributed by atoms with E-state index in [-0.39, 0.29) is 23.6 Å². The van der Waals surface area contributed by atoms with E-state index in [4.69, 9.17) is 14.0 Å². The van der Waals surface area contributed by atoms with Crippen LogP contribution in [0.4, 0.5) is 15.8 Å². The summed E-state index contributed by atoms with van der Waals surface area (Å²) in [4.78, 5) is 25.8. The minimum absolute atomic E-state index is 0.116. The van der Waals surface area contributed by atoms with Gasteiger partial charge in [0.2, 0.25) is 5.82 Å². The molecule has 1 saturated carbocycles. The van der Waals surface area contributed by atoms with Crippen molar-refractivity contribution in [2.45, 2.75) is 49.5 Å². The lowest BCUT2D eigenvalue weighted by atomic mass is 10.0. The molecule has 31 heavy (non-hydrogen) atoms. The van der Waals surface area contributed by atoms with Crippen molar-refractivity contribution >= 4 is 23.6 Å². The molecule has 2 aromatic rings. The van der Waals surface area contributed by atoms with E-state index in [1.54, 1.807) is 30.5 Å².